The molecule has 0 bridgehead atoms. The van der Waals surface area contributed by atoms with Gasteiger partial charge in [-0.2, -0.15) is 5.10 Å². The zero-order chi connectivity index (χ0) is 15.0. The van der Waals surface area contributed by atoms with E-state index in [-0.39, 0.29) is 0 Å². The number of hydrogen-bond acceptors (Lipinski definition) is 2. The first-order valence-corrected chi connectivity index (χ1v) is 7.05. The first-order chi connectivity index (χ1) is 10.1. The van der Waals surface area contributed by atoms with E-state index in [0.29, 0.717) is 5.82 Å². The van der Waals surface area contributed by atoms with Crippen LogP contribution < -0.4 is 5.73 Å². The van der Waals surface area contributed by atoms with Gasteiger partial charge in [-0.3, -0.25) is 0 Å². The topological polar surface area (TPSA) is 43.8 Å². The molecule has 0 spiro atoms. The van der Waals surface area contributed by atoms with Crippen molar-refractivity contribution in [2.75, 3.05) is 5.73 Å². The number of para-hydroxylation sites is 1. The molecule has 3 rings (SSSR count). The molecule has 0 aliphatic heterocycles. The third kappa shape index (κ3) is 2.42. The number of hydrogen-bond donors (Lipinski definition) is 1. The molecule has 1 heterocycles. The average molecular weight is 277 g/mol. The van der Waals surface area contributed by atoms with Crippen LogP contribution in [0.1, 0.15) is 16.7 Å². The number of benzene rings is 2. The fourth-order valence-corrected chi connectivity index (χ4v) is 2.66. The van der Waals surface area contributed by atoms with Crippen LogP contribution in [0.5, 0.6) is 0 Å². The van der Waals surface area contributed by atoms with Crippen LogP contribution in [0.15, 0.2) is 48.5 Å². The van der Waals surface area contributed by atoms with E-state index >= 15 is 0 Å². The molecule has 3 nitrogen and oxygen atoms in total. The summed E-state index contributed by atoms with van der Waals surface area (Å²) >= 11 is 0. The highest BCUT2D eigenvalue weighted by Crippen LogP contribution is 2.29. The van der Waals surface area contributed by atoms with Gasteiger partial charge in [0.05, 0.1) is 11.4 Å². The van der Waals surface area contributed by atoms with Crippen LogP contribution in [0.2, 0.25) is 0 Å². The Labute approximate surface area is 125 Å². The Kier molecular flexibility index (Phi) is 3.26. The molecule has 0 saturated carbocycles. The van der Waals surface area contributed by atoms with Crippen molar-refractivity contribution in [3.8, 4) is 16.9 Å². The van der Waals surface area contributed by atoms with Crippen LogP contribution in [0.4, 0.5) is 5.82 Å². The number of anilines is 1. The monoisotopic (exact) mass is 277 g/mol. The normalized spacial score (nSPS) is 10.8. The molecule has 3 heteroatoms. The zero-order valence-electron chi connectivity index (χ0n) is 12.6. The first-order valence-electron chi connectivity index (χ1n) is 7.05. The molecule has 0 unspecified atom stereocenters. The number of aromatic nitrogens is 2. The maximum absolute atomic E-state index is 6.25. The third-order valence-electron chi connectivity index (χ3n) is 3.66. The lowest BCUT2D eigenvalue weighted by atomic mass is 10.0. The fraction of sp³-hybridized carbons (Fsp3) is 0.167. The molecule has 0 saturated heterocycles. The molecule has 0 amide bonds. The van der Waals surface area contributed by atoms with Gasteiger partial charge in [-0.15, -0.1) is 0 Å². The van der Waals surface area contributed by atoms with Gasteiger partial charge in [-0.25, -0.2) is 4.68 Å². The molecule has 2 N–H and O–H groups in total. The second-order valence-corrected chi connectivity index (χ2v) is 5.48. The molecule has 21 heavy (non-hydrogen) atoms. The Balaban J connectivity index is 2.17. The van der Waals surface area contributed by atoms with E-state index in [0.717, 1.165) is 22.5 Å². The van der Waals surface area contributed by atoms with Gasteiger partial charge < -0.3 is 5.73 Å². The molecular formula is C18H19N3. The second-order valence-electron chi connectivity index (χ2n) is 5.48. The molecule has 0 radical (unpaired) electrons. The highest BCUT2D eigenvalue weighted by atomic mass is 15.3. The van der Waals surface area contributed by atoms with Crippen molar-refractivity contribution in [2.45, 2.75) is 20.8 Å². The average Bonchev–Trinajstić information content (AvgIpc) is 2.75. The van der Waals surface area contributed by atoms with Gasteiger partial charge in [0.25, 0.3) is 0 Å². The Morgan fingerprint density at radius 3 is 2.14 bits per heavy atom. The Hall–Kier alpha value is -2.55. The van der Waals surface area contributed by atoms with E-state index in [1.807, 2.05) is 41.9 Å². The van der Waals surface area contributed by atoms with Crippen LogP contribution in [0, 0.1) is 20.8 Å². The third-order valence-corrected chi connectivity index (χ3v) is 3.66. The first kappa shape index (κ1) is 13.4. The number of aryl methyl sites for hydroxylation is 2. The maximum atomic E-state index is 6.25. The van der Waals surface area contributed by atoms with E-state index in [4.69, 9.17) is 10.8 Å². The van der Waals surface area contributed by atoms with E-state index in [1.165, 1.54) is 11.1 Å². The predicted octanol–water partition coefficient (Wildman–Crippen LogP) is 4.05. The van der Waals surface area contributed by atoms with Crippen LogP contribution in [0.25, 0.3) is 16.9 Å². The molecular weight excluding hydrogens is 258 g/mol. The van der Waals surface area contributed by atoms with Crippen molar-refractivity contribution in [3.63, 3.8) is 0 Å². The van der Waals surface area contributed by atoms with Crippen LogP contribution >= 0.6 is 0 Å². The standard InChI is InChI=1S/C18H19N3/c1-12-9-13(2)11-15(10-12)17-14(3)18(19)21(20-17)16-7-5-4-6-8-16/h4-11H,19H2,1-3H3. The molecule has 3 aromatic rings. The van der Waals surface area contributed by atoms with Crippen molar-refractivity contribution < 1.29 is 0 Å². The lowest BCUT2D eigenvalue weighted by Crippen LogP contribution is -2.01. The summed E-state index contributed by atoms with van der Waals surface area (Å²) in [6.45, 7) is 6.22. The summed E-state index contributed by atoms with van der Waals surface area (Å²) in [4.78, 5) is 0. The summed E-state index contributed by atoms with van der Waals surface area (Å²) in [6.07, 6.45) is 0. The van der Waals surface area contributed by atoms with E-state index in [1.54, 1.807) is 0 Å². The minimum absolute atomic E-state index is 0.690. The Bertz CT molecular complexity index is 765. The number of nitrogen functional groups attached to an aromatic ring is 1. The van der Waals surface area contributed by atoms with Crippen molar-refractivity contribution in [1.82, 2.24) is 9.78 Å². The largest absolute Gasteiger partial charge is 0.383 e. The summed E-state index contributed by atoms with van der Waals surface area (Å²) in [6, 6.07) is 16.4. The Morgan fingerprint density at radius 1 is 0.905 bits per heavy atom. The van der Waals surface area contributed by atoms with Crippen molar-refractivity contribution in [3.05, 3.63) is 65.2 Å². The smallest absolute Gasteiger partial charge is 0.130 e. The molecule has 0 atom stereocenters. The quantitative estimate of drug-likeness (QED) is 0.768. The van der Waals surface area contributed by atoms with Crippen molar-refractivity contribution >= 4 is 5.82 Å². The second kappa shape index (κ2) is 5.09. The number of rotatable bonds is 2. The Morgan fingerprint density at radius 2 is 1.52 bits per heavy atom. The van der Waals surface area contributed by atoms with Gasteiger partial charge in [0.1, 0.15) is 5.82 Å². The van der Waals surface area contributed by atoms with Gasteiger partial charge in [0, 0.05) is 11.1 Å². The minimum Gasteiger partial charge on any atom is -0.383 e. The van der Waals surface area contributed by atoms with Gasteiger partial charge in [-0.1, -0.05) is 35.4 Å². The molecule has 1 aromatic heterocycles. The van der Waals surface area contributed by atoms with E-state index < -0.39 is 0 Å². The molecule has 106 valence electrons. The van der Waals surface area contributed by atoms with Crippen molar-refractivity contribution in [1.29, 1.82) is 0 Å². The maximum Gasteiger partial charge on any atom is 0.130 e. The minimum atomic E-state index is 0.690. The molecule has 0 aliphatic carbocycles. The SMILES string of the molecule is Cc1cc(C)cc(-c2nn(-c3ccccc3)c(N)c2C)c1. The summed E-state index contributed by atoms with van der Waals surface area (Å²) in [7, 11) is 0. The number of nitrogens with two attached hydrogens (primary N) is 1. The van der Waals surface area contributed by atoms with E-state index in [9.17, 15) is 0 Å². The highest BCUT2D eigenvalue weighted by Gasteiger charge is 2.14. The van der Waals surface area contributed by atoms with Crippen LogP contribution in [-0.2, 0) is 0 Å². The lowest BCUT2D eigenvalue weighted by molar-refractivity contribution is 0.895. The van der Waals surface area contributed by atoms with Gasteiger partial charge in [-0.05, 0) is 45.0 Å². The van der Waals surface area contributed by atoms with Gasteiger partial charge in [0.15, 0.2) is 0 Å². The zero-order valence-corrected chi connectivity index (χ0v) is 12.6. The van der Waals surface area contributed by atoms with Crippen LogP contribution in [-0.4, -0.2) is 9.78 Å². The van der Waals surface area contributed by atoms with Crippen LogP contribution in [0.3, 0.4) is 0 Å². The van der Waals surface area contributed by atoms with Gasteiger partial charge >= 0.3 is 0 Å². The molecule has 2 aromatic carbocycles. The molecule has 0 aliphatic rings. The van der Waals surface area contributed by atoms with Gasteiger partial charge in [0.2, 0.25) is 0 Å². The summed E-state index contributed by atoms with van der Waals surface area (Å²) in [5.74, 6) is 0.690. The highest BCUT2D eigenvalue weighted by molar-refractivity contribution is 5.70. The summed E-state index contributed by atoms with van der Waals surface area (Å²) in [5, 5.41) is 4.72. The van der Waals surface area contributed by atoms with Crippen molar-refractivity contribution in [2.24, 2.45) is 0 Å². The molecule has 0 fully saturated rings. The lowest BCUT2D eigenvalue weighted by Gasteiger charge is -2.03. The summed E-state index contributed by atoms with van der Waals surface area (Å²) in [5.41, 5.74) is 12.8. The number of nitrogens with zero attached hydrogens (tertiary/aromatic N) is 2. The summed E-state index contributed by atoms with van der Waals surface area (Å²) < 4.78 is 1.81. The fourth-order valence-electron chi connectivity index (χ4n) is 2.66. The predicted molar refractivity (Wildman–Crippen MR) is 87.6 cm³/mol. The van der Waals surface area contributed by atoms with E-state index in [2.05, 4.69) is 32.0 Å².